The van der Waals surface area contributed by atoms with Gasteiger partial charge in [0.05, 0.1) is 6.21 Å². The van der Waals surface area contributed by atoms with Crippen molar-refractivity contribution < 1.29 is 0 Å². The number of hydrogen-bond donors (Lipinski definition) is 3. The first kappa shape index (κ1) is 13.7. The molecule has 0 atom stereocenters. The first-order valence-corrected chi connectivity index (χ1v) is 4.59. The first-order chi connectivity index (χ1) is 6.72. The van der Waals surface area contributed by atoms with E-state index in [1.807, 2.05) is 24.3 Å². The normalized spacial score (nSPS) is 11.1. The fraction of sp³-hybridized carbons (Fsp3) is 0. The van der Waals surface area contributed by atoms with E-state index in [9.17, 15) is 0 Å². The van der Waals surface area contributed by atoms with Crippen LogP contribution in [-0.2, 0) is 0 Å². The summed E-state index contributed by atoms with van der Waals surface area (Å²) in [7, 11) is 0. The second kappa shape index (κ2) is 7.08. The van der Waals surface area contributed by atoms with Crippen molar-refractivity contribution in [1.29, 1.82) is 0 Å². The Morgan fingerprint density at radius 2 is 1.93 bits per heavy atom. The van der Waals surface area contributed by atoms with Crippen molar-refractivity contribution in [3.05, 3.63) is 34.3 Å². The molecule has 0 unspecified atom stereocenters. The third-order valence-corrected chi connectivity index (χ3v) is 1.93. The molecule has 82 valence electrons. The van der Waals surface area contributed by atoms with Gasteiger partial charge in [0.1, 0.15) is 0 Å². The van der Waals surface area contributed by atoms with Gasteiger partial charge in [-0.25, -0.2) is 5.43 Å². The van der Waals surface area contributed by atoms with E-state index < -0.39 is 0 Å². The van der Waals surface area contributed by atoms with Crippen LogP contribution in [0.5, 0.6) is 0 Å². The average molecular weight is 293 g/mol. The summed E-state index contributed by atoms with van der Waals surface area (Å²) < 4.78 is 1.02. The number of nitrogens with zero attached hydrogens (tertiary/aromatic N) is 2. The molecule has 0 spiro atoms. The number of hydrazone groups is 2. The van der Waals surface area contributed by atoms with Gasteiger partial charge in [-0.3, -0.25) is 0 Å². The average Bonchev–Trinajstić information content (AvgIpc) is 2.21. The summed E-state index contributed by atoms with van der Waals surface area (Å²) in [5, 5.41) is 7.01. The lowest BCUT2D eigenvalue weighted by molar-refractivity contribution is 0.993. The van der Waals surface area contributed by atoms with Crippen molar-refractivity contribution in [2.24, 2.45) is 21.8 Å². The van der Waals surface area contributed by atoms with E-state index in [1.54, 1.807) is 6.21 Å². The maximum absolute atomic E-state index is 5.25. The van der Waals surface area contributed by atoms with Crippen LogP contribution in [0.15, 0.2) is 38.9 Å². The van der Waals surface area contributed by atoms with Crippen molar-refractivity contribution in [1.82, 2.24) is 5.43 Å². The molecule has 1 aromatic carbocycles. The summed E-state index contributed by atoms with van der Waals surface area (Å²) in [6.07, 6.45) is 1.62. The van der Waals surface area contributed by atoms with Gasteiger partial charge < -0.3 is 11.6 Å². The van der Waals surface area contributed by atoms with E-state index in [0.717, 1.165) is 10.0 Å². The molecular weight excluding hydrogens is 281 g/mol. The van der Waals surface area contributed by atoms with E-state index in [2.05, 4.69) is 31.6 Å². The summed E-state index contributed by atoms with van der Waals surface area (Å²) in [5.74, 6) is 4.96. The van der Waals surface area contributed by atoms with E-state index in [1.165, 1.54) is 0 Å². The van der Waals surface area contributed by atoms with Gasteiger partial charge >= 0.3 is 0 Å². The smallest absolute Gasteiger partial charge is 0.231 e. The van der Waals surface area contributed by atoms with Crippen molar-refractivity contribution >= 4 is 40.5 Å². The van der Waals surface area contributed by atoms with Gasteiger partial charge in [-0.15, -0.1) is 17.5 Å². The summed E-state index contributed by atoms with van der Waals surface area (Å²) >= 11 is 3.33. The molecule has 5 N–H and O–H groups in total. The van der Waals surface area contributed by atoms with E-state index >= 15 is 0 Å². The molecule has 0 amide bonds. The van der Waals surface area contributed by atoms with Gasteiger partial charge in [-0.05, 0) is 17.7 Å². The number of guanidine groups is 1. The highest BCUT2D eigenvalue weighted by atomic mass is 79.9. The Morgan fingerprint density at radius 1 is 1.33 bits per heavy atom. The number of benzene rings is 1. The highest BCUT2D eigenvalue weighted by molar-refractivity contribution is 9.10. The molecule has 0 aromatic heterocycles. The van der Waals surface area contributed by atoms with Crippen LogP contribution in [0.2, 0.25) is 0 Å². The largest absolute Gasteiger partial charge is 0.367 e. The van der Waals surface area contributed by atoms with Crippen molar-refractivity contribution in [3.63, 3.8) is 0 Å². The quantitative estimate of drug-likeness (QED) is 0.328. The van der Waals surface area contributed by atoms with Crippen molar-refractivity contribution in [2.75, 3.05) is 0 Å². The summed E-state index contributed by atoms with van der Waals surface area (Å²) in [6, 6.07) is 7.65. The highest BCUT2D eigenvalue weighted by Gasteiger charge is 1.88. The maximum Gasteiger partial charge on any atom is 0.231 e. The Labute approximate surface area is 102 Å². The lowest BCUT2D eigenvalue weighted by Crippen LogP contribution is -2.28. The van der Waals surface area contributed by atoms with Crippen LogP contribution in [0.3, 0.4) is 0 Å². The van der Waals surface area contributed by atoms with Gasteiger partial charge in [0.25, 0.3) is 0 Å². The fourth-order valence-corrected chi connectivity index (χ4v) is 1.01. The second-order valence-electron chi connectivity index (χ2n) is 2.44. The highest BCUT2D eigenvalue weighted by Crippen LogP contribution is 2.08. The van der Waals surface area contributed by atoms with E-state index in [-0.39, 0.29) is 18.4 Å². The molecule has 5 nitrogen and oxygen atoms in total. The molecule has 0 saturated carbocycles. The van der Waals surface area contributed by atoms with Gasteiger partial charge in [-0.1, -0.05) is 28.1 Å². The minimum atomic E-state index is 0. The molecule has 15 heavy (non-hydrogen) atoms. The standard InChI is InChI=1S/C8H10BrN5.ClH/c9-7-3-1-6(2-4-7)5-12-14-8(10)13-11;/h1-5H,11H2,(H3,10,13,14);1H/b12-5+;. The first-order valence-electron chi connectivity index (χ1n) is 3.80. The zero-order valence-corrected chi connectivity index (χ0v) is 10.1. The number of nitrogens with one attached hydrogen (secondary N) is 1. The third-order valence-electron chi connectivity index (χ3n) is 1.40. The monoisotopic (exact) mass is 291 g/mol. The SMILES string of the molecule is Cl.NN=C(N)N/N=C/c1ccc(Br)cc1. The van der Waals surface area contributed by atoms with Gasteiger partial charge in [0.2, 0.25) is 5.96 Å². The van der Waals surface area contributed by atoms with E-state index in [4.69, 9.17) is 11.6 Å². The van der Waals surface area contributed by atoms with Crippen LogP contribution in [-0.4, -0.2) is 12.2 Å². The zero-order valence-electron chi connectivity index (χ0n) is 7.72. The molecule has 1 aromatic rings. The fourth-order valence-electron chi connectivity index (χ4n) is 0.751. The topological polar surface area (TPSA) is 88.8 Å². The number of nitrogens with two attached hydrogens (primary N) is 2. The molecule has 0 aliphatic heterocycles. The predicted octanol–water partition coefficient (Wildman–Crippen LogP) is 0.983. The Kier molecular flexibility index (Phi) is 6.48. The summed E-state index contributed by atoms with van der Waals surface area (Å²) in [5.41, 5.74) is 8.66. The third kappa shape index (κ3) is 5.24. The number of hydrogen-bond acceptors (Lipinski definition) is 3. The van der Waals surface area contributed by atoms with Gasteiger partial charge in [0.15, 0.2) is 0 Å². The molecule has 0 aliphatic rings. The molecule has 0 saturated heterocycles. The van der Waals surface area contributed by atoms with Crippen LogP contribution in [0.25, 0.3) is 0 Å². The molecular formula is C8H11BrClN5. The molecule has 7 heteroatoms. The lowest BCUT2D eigenvalue weighted by Gasteiger charge is -1.96. The molecule has 0 heterocycles. The van der Waals surface area contributed by atoms with Crippen molar-refractivity contribution in [2.45, 2.75) is 0 Å². The zero-order chi connectivity index (χ0) is 10.4. The van der Waals surface area contributed by atoms with Crippen LogP contribution in [0, 0.1) is 0 Å². The Hall–Kier alpha value is -1.27. The minimum Gasteiger partial charge on any atom is -0.367 e. The summed E-state index contributed by atoms with van der Waals surface area (Å²) in [4.78, 5) is 0. The molecule has 1 rings (SSSR count). The summed E-state index contributed by atoms with van der Waals surface area (Å²) in [6.45, 7) is 0. The lowest BCUT2D eigenvalue weighted by atomic mass is 10.2. The van der Waals surface area contributed by atoms with Gasteiger partial charge in [0, 0.05) is 4.47 Å². The second-order valence-corrected chi connectivity index (χ2v) is 3.35. The Balaban J connectivity index is 0.00000196. The van der Waals surface area contributed by atoms with E-state index in [0.29, 0.717) is 0 Å². The molecule has 0 radical (unpaired) electrons. The number of rotatable bonds is 2. The Morgan fingerprint density at radius 3 is 2.47 bits per heavy atom. The predicted molar refractivity (Wildman–Crippen MR) is 67.9 cm³/mol. The minimum absolute atomic E-state index is 0. The maximum atomic E-state index is 5.25. The van der Waals surface area contributed by atoms with Crippen LogP contribution >= 0.6 is 28.3 Å². The Bertz CT molecular complexity index is 349. The van der Waals surface area contributed by atoms with Gasteiger partial charge in [-0.2, -0.15) is 5.10 Å². The van der Waals surface area contributed by atoms with Crippen LogP contribution < -0.4 is 17.0 Å². The van der Waals surface area contributed by atoms with Crippen LogP contribution in [0.4, 0.5) is 0 Å². The van der Waals surface area contributed by atoms with Crippen LogP contribution in [0.1, 0.15) is 5.56 Å². The van der Waals surface area contributed by atoms with Crippen molar-refractivity contribution in [3.8, 4) is 0 Å². The molecule has 0 fully saturated rings. The number of halogens is 2. The molecule has 0 bridgehead atoms. The molecule has 0 aliphatic carbocycles.